The number of amides is 2. The van der Waals surface area contributed by atoms with Gasteiger partial charge < -0.3 is 10.2 Å². The Kier molecular flexibility index (Phi) is 5.59. The minimum absolute atomic E-state index is 0.0565. The lowest BCUT2D eigenvalue weighted by Gasteiger charge is -2.35. The fourth-order valence-corrected chi connectivity index (χ4v) is 4.49. The summed E-state index contributed by atoms with van der Waals surface area (Å²) in [5.41, 5.74) is 0. The summed E-state index contributed by atoms with van der Waals surface area (Å²) in [6, 6.07) is 3.65. The van der Waals surface area contributed by atoms with Gasteiger partial charge in [0.05, 0.1) is 9.21 Å². The third-order valence-electron chi connectivity index (χ3n) is 4.89. The first-order valence-electron chi connectivity index (χ1n) is 8.48. The summed E-state index contributed by atoms with van der Waals surface area (Å²) < 4.78 is 0.628. The van der Waals surface area contributed by atoms with Crippen molar-refractivity contribution in [1.82, 2.24) is 10.2 Å². The summed E-state index contributed by atoms with van der Waals surface area (Å²) >= 11 is 7.17. The highest BCUT2D eigenvalue weighted by molar-refractivity contribution is 7.17. The number of rotatable bonds is 3. The van der Waals surface area contributed by atoms with Crippen molar-refractivity contribution in [2.45, 2.75) is 51.0 Å². The van der Waals surface area contributed by atoms with Gasteiger partial charge >= 0.3 is 0 Å². The molecule has 1 aromatic rings. The zero-order chi connectivity index (χ0) is 16.2. The van der Waals surface area contributed by atoms with E-state index in [0.717, 1.165) is 38.8 Å². The largest absolute Gasteiger partial charge is 0.348 e. The average Bonchev–Trinajstić information content (AvgIpc) is 3.02. The van der Waals surface area contributed by atoms with E-state index in [4.69, 9.17) is 11.6 Å². The van der Waals surface area contributed by atoms with Gasteiger partial charge in [-0.2, -0.15) is 0 Å². The van der Waals surface area contributed by atoms with Crippen LogP contribution in [0.1, 0.15) is 54.6 Å². The van der Waals surface area contributed by atoms with Crippen molar-refractivity contribution in [2.24, 2.45) is 5.92 Å². The van der Waals surface area contributed by atoms with E-state index >= 15 is 0 Å². The van der Waals surface area contributed by atoms with Gasteiger partial charge in [-0.05, 0) is 37.8 Å². The Balaban J connectivity index is 1.46. The molecule has 126 valence electrons. The van der Waals surface area contributed by atoms with Crippen LogP contribution in [0.3, 0.4) is 0 Å². The number of likely N-dealkylation sites (tertiary alicyclic amines) is 1. The minimum Gasteiger partial charge on any atom is -0.348 e. The monoisotopic (exact) mass is 354 g/mol. The molecule has 0 unspecified atom stereocenters. The number of thiophene rings is 1. The van der Waals surface area contributed by atoms with Gasteiger partial charge in [-0.15, -0.1) is 11.3 Å². The van der Waals surface area contributed by atoms with Gasteiger partial charge in [-0.3, -0.25) is 9.59 Å². The van der Waals surface area contributed by atoms with Crippen LogP contribution in [0.5, 0.6) is 0 Å². The van der Waals surface area contributed by atoms with Crippen LogP contribution >= 0.6 is 22.9 Å². The summed E-state index contributed by atoms with van der Waals surface area (Å²) in [5, 5.41) is 3.06. The first kappa shape index (κ1) is 16.8. The third kappa shape index (κ3) is 4.27. The highest BCUT2D eigenvalue weighted by atomic mass is 35.5. The summed E-state index contributed by atoms with van der Waals surface area (Å²) in [6.07, 6.45) is 7.42. The molecule has 6 heteroatoms. The normalized spacial score (nSPS) is 20.5. The zero-order valence-corrected chi connectivity index (χ0v) is 14.8. The average molecular weight is 355 g/mol. The molecule has 0 aromatic carbocycles. The van der Waals surface area contributed by atoms with Crippen molar-refractivity contribution in [2.75, 3.05) is 13.1 Å². The summed E-state index contributed by atoms with van der Waals surface area (Å²) in [6.45, 7) is 1.51. The molecule has 2 aliphatic rings. The Morgan fingerprint density at radius 1 is 1.09 bits per heavy atom. The Morgan fingerprint density at radius 2 is 1.78 bits per heavy atom. The molecule has 2 heterocycles. The number of hydrogen-bond acceptors (Lipinski definition) is 3. The SMILES string of the molecule is O=C(NC1CCN(C(=O)C2CCCCC2)CC1)c1ccc(Cl)s1. The molecule has 4 nitrogen and oxygen atoms in total. The van der Waals surface area contributed by atoms with Crippen LogP contribution in [0.4, 0.5) is 0 Å². The quantitative estimate of drug-likeness (QED) is 0.899. The van der Waals surface area contributed by atoms with Gasteiger partial charge in [0.25, 0.3) is 5.91 Å². The lowest BCUT2D eigenvalue weighted by atomic mass is 9.87. The van der Waals surface area contributed by atoms with Gasteiger partial charge in [0.15, 0.2) is 0 Å². The molecule has 1 aromatic heterocycles. The van der Waals surface area contributed by atoms with Crippen molar-refractivity contribution in [3.05, 3.63) is 21.3 Å². The predicted octanol–water partition coefficient (Wildman–Crippen LogP) is 3.70. The molecule has 23 heavy (non-hydrogen) atoms. The van der Waals surface area contributed by atoms with E-state index in [1.54, 1.807) is 12.1 Å². The Hall–Kier alpha value is -1.07. The van der Waals surface area contributed by atoms with Crippen molar-refractivity contribution in [3.8, 4) is 0 Å². The van der Waals surface area contributed by atoms with E-state index in [1.807, 2.05) is 4.90 Å². The first-order chi connectivity index (χ1) is 11.1. The fraction of sp³-hybridized carbons (Fsp3) is 0.647. The van der Waals surface area contributed by atoms with Crippen LogP contribution < -0.4 is 5.32 Å². The molecular formula is C17H23ClN2O2S. The molecule has 1 saturated heterocycles. The molecule has 1 saturated carbocycles. The maximum atomic E-state index is 12.5. The highest BCUT2D eigenvalue weighted by Gasteiger charge is 2.29. The van der Waals surface area contributed by atoms with E-state index in [1.165, 1.54) is 30.6 Å². The lowest BCUT2D eigenvalue weighted by molar-refractivity contribution is -0.137. The standard InChI is InChI=1S/C17H23ClN2O2S/c18-15-7-6-14(23-15)16(21)19-13-8-10-20(11-9-13)17(22)12-4-2-1-3-5-12/h6-7,12-13H,1-5,8-11H2,(H,19,21). The van der Waals surface area contributed by atoms with E-state index in [0.29, 0.717) is 15.1 Å². The van der Waals surface area contributed by atoms with Crippen molar-refractivity contribution in [1.29, 1.82) is 0 Å². The molecule has 1 aliphatic carbocycles. The number of carbonyl (C=O) groups is 2. The van der Waals surface area contributed by atoms with Crippen LogP contribution in [0.25, 0.3) is 0 Å². The number of hydrogen-bond donors (Lipinski definition) is 1. The van der Waals surface area contributed by atoms with Gasteiger partial charge in [-0.25, -0.2) is 0 Å². The second kappa shape index (κ2) is 7.67. The number of halogens is 1. The van der Waals surface area contributed by atoms with Crippen LogP contribution in [0.15, 0.2) is 12.1 Å². The number of carbonyl (C=O) groups excluding carboxylic acids is 2. The summed E-state index contributed by atoms with van der Waals surface area (Å²) in [4.78, 5) is 27.3. The second-order valence-corrected chi connectivity index (χ2v) is 8.23. The molecule has 1 aliphatic heterocycles. The zero-order valence-electron chi connectivity index (χ0n) is 13.2. The molecule has 3 rings (SSSR count). The molecule has 1 N–H and O–H groups in total. The Bertz CT molecular complexity index is 561. The maximum absolute atomic E-state index is 12.5. The first-order valence-corrected chi connectivity index (χ1v) is 9.68. The number of nitrogens with one attached hydrogen (secondary N) is 1. The van der Waals surface area contributed by atoms with Gasteiger partial charge in [0.1, 0.15) is 0 Å². The molecule has 0 atom stereocenters. The summed E-state index contributed by atoms with van der Waals surface area (Å²) in [5.74, 6) is 0.515. The van der Waals surface area contributed by atoms with E-state index in [-0.39, 0.29) is 17.9 Å². The van der Waals surface area contributed by atoms with E-state index in [2.05, 4.69) is 5.32 Å². The number of piperidine rings is 1. The van der Waals surface area contributed by atoms with E-state index in [9.17, 15) is 9.59 Å². The molecule has 0 spiro atoms. The van der Waals surface area contributed by atoms with Crippen molar-refractivity contribution >= 4 is 34.8 Å². The van der Waals surface area contributed by atoms with Crippen LogP contribution in [0.2, 0.25) is 4.34 Å². The molecule has 0 bridgehead atoms. The number of nitrogens with zero attached hydrogens (tertiary/aromatic N) is 1. The minimum atomic E-state index is -0.0565. The molecule has 2 fully saturated rings. The van der Waals surface area contributed by atoms with Gasteiger partial charge in [-0.1, -0.05) is 30.9 Å². The predicted molar refractivity (Wildman–Crippen MR) is 93.0 cm³/mol. The van der Waals surface area contributed by atoms with Crippen LogP contribution in [0, 0.1) is 5.92 Å². The van der Waals surface area contributed by atoms with Crippen LogP contribution in [-0.4, -0.2) is 35.8 Å². The highest BCUT2D eigenvalue weighted by Crippen LogP contribution is 2.27. The fourth-order valence-electron chi connectivity index (χ4n) is 3.54. The smallest absolute Gasteiger partial charge is 0.261 e. The second-order valence-electron chi connectivity index (χ2n) is 6.51. The third-order valence-corrected chi connectivity index (χ3v) is 6.12. The Labute approximate surface area is 146 Å². The molecule has 0 radical (unpaired) electrons. The van der Waals surface area contributed by atoms with Crippen molar-refractivity contribution < 1.29 is 9.59 Å². The van der Waals surface area contributed by atoms with Crippen LogP contribution in [-0.2, 0) is 4.79 Å². The maximum Gasteiger partial charge on any atom is 0.261 e. The van der Waals surface area contributed by atoms with E-state index < -0.39 is 0 Å². The Morgan fingerprint density at radius 3 is 2.39 bits per heavy atom. The topological polar surface area (TPSA) is 49.4 Å². The molecular weight excluding hydrogens is 332 g/mol. The molecule has 2 amide bonds. The lowest BCUT2D eigenvalue weighted by Crippen LogP contribution is -2.48. The van der Waals surface area contributed by atoms with Gasteiger partial charge in [0.2, 0.25) is 5.91 Å². The summed E-state index contributed by atoms with van der Waals surface area (Å²) in [7, 11) is 0. The van der Waals surface area contributed by atoms with Gasteiger partial charge in [0, 0.05) is 25.0 Å². The van der Waals surface area contributed by atoms with Crippen molar-refractivity contribution in [3.63, 3.8) is 0 Å².